The summed E-state index contributed by atoms with van der Waals surface area (Å²) in [5.41, 5.74) is 14.6. The molecule has 0 saturated heterocycles. The summed E-state index contributed by atoms with van der Waals surface area (Å²) in [4.78, 5) is 0. The minimum Gasteiger partial charge on any atom is -0.0616 e. The predicted octanol–water partition coefficient (Wildman–Crippen LogP) is 18.6. The number of benzene rings is 13. The Hall–Kier alpha value is -8.58. The van der Waals surface area contributed by atoms with Crippen molar-refractivity contribution in [1.29, 1.82) is 0 Å². The second-order valence-corrected chi connectivity index (χ2v) is 17.5. The Morgan fingerprint density at radius 3 is 0.606 bits per heavy atom. The van der Waals surface area contributed by atoms with Crippen molar-refractivity contribution in [2.75, 3.05) is 0 Å². The first kappa shape index (κ1) is 37.9. The van der Waals surface area contributed by atoms with Gasteiger partial charge >= 0.3 is 0 Å². The molecule has 0 spiro atoms. The Balaban J connectivity index is 1.12. The number of rotatable bonds is 6. The Labute approximate surface area is 384 Å². The zero-order chi connectivity index (χ0) is 43.6. The van der Waals surface area contributed by atoms with E-state index in [0.29, 0.717) is 0 Å². The van der Waals surface area contributed by atoms with Gasteiger partial charge in [0.1, 0.15) is 0 Å². The molecule has 0 bridgehead atoms. The quantitative estimate of drug-likeness (QED) is 0.146. The van der Waals surface area contributed by atoms with Gasteiger partial charge in [0.25, 0.3) is 0 Å². The second-order valence-electron chi connectivity index (χ2n) is 17.5. The van der Waals surface area contributed by atoms with E-state index in [9.17, 15) is 0 Å². The summed E-state index contributed by atoms with van der Waals surface area (Å²) in [6.45, 7) is 0. The van der Waals surface area contributed by atoms with Crippen molar-refractivity contribution in [3.8, 4) is 66.8 Å². The normalized spacial score (nSPS) is 11.6. The number of hydrogen-bond acceptors (Lipinski definition) is 0. The van der Waals surface area contributed by atoms with Crippen LogP contribution in [0, 0.1) is 0 Å². The van der Waals surface area contributed by atoms with E-state index in [1.54, 1.807) is 0 Å². The lowest BCUT2D eigenvalue weighted by Gasteiger charge is -2.21. The Morgan fingerprint density at radius 2 is 0.348 bits per heavy atom. The molecule has 0 aliphatic heterocycles. The fourth-order valence-electron chi connectivity index (χ4n) is 10.8. The standard InChI is InChI=1S/C66H42/c1-5-25-53-43(17-1)21-13-33-57(53)47-37-48(58-34-14-22-44-18-2-6-26-54(44)58)40-51(39-47)65-61-29-9-11-31-63(61)66(64-32-12-10-30-62(64)65)52-41-49(59-35-15-23-45-19-3-7-27-55(45)59)38-50(42-52)60-36-16-24-46-20-4-8-28-56(46)60/h1-42H. The molecule has 0 fully saturated rings. The van der Waals surface area contributed by atoms with Gasteiger partial charge in [-0.15, -0.1) is 0 Å². The average molecular weight is 835 g/mol. The van der Waals surface area contributed by atoms with E-state index in [4.69, 9.17) is 0 Å². The maximum atomic E-state index is 2.43. The van der Waals surface area contributed by atoms with E-state index >= 15 is 0 Å². The summed E-state index contributed by atoms with van der Waals surface area (Å²) in [6, 6.07) is 94.5. The minimum absolute atomic E-state index is 1.20. The highest BCUT2D eigenvalue weighted by Gasteiger charge is 2.21. The molecule has 0 nitrogen and oxygen atoms in total. The van der Waals surface area contributed by atoms with Crippen LogP contribution in [0.3, 0.4) is 0 Å². The minimum atomic E-state index is 1.20. The van der Waals surface area contributed by atoms with Crippen LogP contribution in [-0.2, 0) is 0 Å². The van der Waals surface area contributed by atoms with Crippen LogP contribution in [0.5, 0.6) is 0 Å². The topological polar surface area (TPSA) is 0 Å². The molecule has 0 aromatic heterocycles. The lowest BCUT2D eigenvalue weighted by Crippen LogP contribution is -1.94. The molecular weight excluding hydrogens is 793 g/mol. The highest BCUT2D eigenvalue weighted by molar-refractivity contribution is 6.22. The van der Waals surface area contributed by atoms with Crippen LogP contribution in [0.15, 0.2) is 255 Å². The van der Waals surface area contributed by atoms with Gasteiger partial charge < -0.3 is 0 Å². The van der Waals surface area contributed by atoms with E-state index in [1.807, 2.05) is 0 Å². The molecule has 0 amide bonds. The van der Waals surface area contributed by atoms with Gasteiger partial charge in [-0.2, -0.15) is 0 Å². The van der Waals surface area contributed by atoms with Gasteiger partial charge in [0.2, 0.25) is 0 Å². The largest absolute Gasteiger partial charge is 0.0616 e. The molecule has 0 radical (unpaired) electrons. The van der Waals surface area contributed by atoms with E-state index in [1.165, 1.54) is 131 Å². The van der Waals surface area contributed by atoms with Gasteiger partial charge in [-0.1, -0.05) is 218 Å². The lowest BCUT2D eigenvalue weighted by molar-refractivity contribution is 1.60. The summed E-state index contributed by atoms with van der Waals surface area (Å²) in [7, 11) is 0. The SMILES string of the molecule is c1ccc2c(-c3cc(-c4cccc5ccccc45)cc(-c4c5ccccc5c(-c5cc(-c6cccc7ccccc67)cc(-c6cccc7ccccc67)c5)c5ccccc45)c3)cccc2c1. The highest BCUT2D eigenvalue weighted by atomic mass is 14.2. The van der Waals surface area contributed by atoms with Crippen molar-refractivity contribution in [3.05, 3.63) is 255 Å². The van der Waals surface area contributed by atoms with Gasteiger partial charge in [0.05, 0.1) is 0 Å². The van der Waals surface area contributed by atoms with Crippen LogP contribution in [0.4, 0.5) is 0 Å². The van der Waals surface area contributed by atoms with Gasteiger partial charge in [-0.25, -0.2) is 0 Å². The monoisotopic (exact) mass is 834 g/mol. The van der Waals surface area contributed by atoms with Crippen LogP contribution < -0.4 is 0 Å². The van der Waals surface area contributed by atoms with Crippen molar-refractivity contribution in [2.45, 2.75) is 0 Å². The first-order valence-corrected chi connectivity index (χ1v) is 22.9. The fourth-order valence-corrected chi connectivity index (χ4v) is 10.8. The Morgan fingerprint density at radius 1 is 0.152 bits per heavy atom. The molecular formula is C66H42. The van der Waals surface area contributed by atoms with E-state index in [2.05, 4.69) is 255 Å². The molecule has 306 valence electrons. The van der Waals surface area contributed by atoms with Gasteiger partial charge in [0, 0.05) is 0 Å². The molecule has 0 unspecified atom stereocenters. The van der Waals surface area contributed by atoms with Crippen molar-refractivity contribution in [3.63, 3.8) is 0 Å². The molecule has 13 rings (SSSR count). The highest BCUT2D eigenvalue weighted by Crippen LogP contribution is 2.48. The van der Waals surface area contributed by atoms with Crippen molar-refractivity contribution in [1.82, 2.24) is 0 Å². The summed E-state index contributed by atoms with van der Waals surface area (Å²) in [5, 5.41) is 14.9. The fraction of sp³-hybridized carbons (Fsp3) is 0. The molecule has 13 aromatic carbocycles. The molecule has 0 atom stereocenters. The first-order valence-electron chi connectivity index (χ1n) is 22.9. The molecule has 0 heteroatoms. The summed E-state index contributed by atoms with van der Waals surface area (Å²) < 4.78 is 0. The van der Waals surface area contributed by atoms with Gasteiger partial charge in [0.15, 0.2) is 0 Å². The summed E-state index contributed by atoms with van der Waals surface area (Å²) >= 11 is 0. The third-order valence-electron chi connectivity index (χ3n) is 13.8. The second kappa shape index (κ2) is 15.6. The number of hydrogen-bond donors (Lipinski definition) is 0. The molecule has 0 N–H and O–H groups in total. The summed E-state index contributed by atoms with van der Waals surface area (Å²) in [6.07, 6.45) is 0. The molecule has 0 heterocycles. The Bertz CT molecular complexity index is 3520. The molecule has 0 saturated carbocycles. The third kappa shape index (κ3) is 6.30. The van der Waals surface area contributed by atoms with Crippen molar-refractivity contribution in [2.24, 2.45) is 0 Å². The van der Waals surface area contributed by atoms with Crippen LogP contribution in [-0.4, -0.2) is 0 Å². The Kier molecular flexibility index (Phi) is 8.96. The molecule has 0 aliphatic carbocycles. The molecule has 66 heavy (non-hydrogen) atoms. The zero-order valence-corrected chi connectivity index (χ0v) is 36.2. The maximum Gasteiger partial charge on any atom is -0.00259 e. The first-order chi connectivity index (χ1) is 32.7. The van der Waals surface area contributed by atoms with E-state index in [0.717, 1.165) is 0 Å². The lowest BCUT2D eigenvalue weighted by atomic mass is 9.82. The third-order valence-corrected chi connectivity index (χ3v) is 13.8. The van der Waals surface area contributed by atoms with Crippen LogP contribution >= 0.6 is 0 Å². The van der Waals surface area contributed by atoms with Crippen LogP contribution in [0.1, 0.15) is 0 Å². The zero-order valence-electron chi connectivity index (χ0n) is 36.2. The van der Waals surface area contributed by atoms with Crippen molar-refractivity contribution < 1.29 is 0 Å². The van der Waals surface area contributed by atoms with E-state index < -0.39 is 0 Å². The average Bonchev–Trinajstić information content (AvgIpc) is 3.39. The van der Waals surface area contributed by atoms with Crippen molar-refractivity contribution >= 4 is 64.6 Å². The molecule has 13 aromatic rings. The predicted molar refractivity (Wildman–Crippen MR) is 284 cm³/mol. The maximum absolute atomic E-state index is 2.43. The molecule has 0 aliphatic rings. The van der Waals surface area contributed by atoms with Gasteiger partial charge in [-0.3, -0.25) is 0 Å². The number of fused-ring (bicyclic) bond motifs is 6. The smallest absolute Gasteiger partial charge is 0.00259 e. The van der Waals surface area contributed by atoms with Crippen LogP contribution in [0.25, 0.3) is 131 Å². The summed E-state index contributed by atoms with van der Waals surface area (Å²) in [5.74, 6) is 0. The van der Waals surface area contributed by atoms with E-state index in [-0.39, 0.29) is 0 Å². The van der Waals surface area contributed by atoms with Crippen LogP contribution in [0.2, 0.25) is 0 Å². The van der Waals surface area contributed by atoms with Gasteiger partial charge in [-0.05, 0) is 168 Å².